The van der Waals surface area contributed by atoms with Gasteiger partial charge >= 0.3 is 0 Å². The van der Waals surface area contributed by atoms with Crippen LogP contribution in [0.1, 0.15) is 57.8 Å². The van der Waals surface area contributed by atoms with Crippen LogP contribution in [-0.4, -0.2) is 55.8 Å². The quantitative estimate of drug-likeness (QED) is 0.675. The molecule has 0 aliphatic carbocycles. The average molecular weight is 379 g/mol. The van der Waals surface area contributed by atoms with Crippen molar-refractivity contribution < 1.29 is 19.0 Å². The van der Waals surface area contributed by atoms with Crippen LogP contribution in [0.4, 0.5) is 0 Å². The highest BCUT2D eigenvalue weighted by Crippen LogP contribution is 2.39. The molecule has 0 spiro atoms. The maximum atomic E-state index is 12.8. The van der Waals surface area contributed by atoms with Crippen LogP contribution in [0.2, 0.25) is 0 Å². The molecule has 0 unspecified atom stereocenters. The Morgan fingerprint density at radius 3 is 2.00 bits per heavy atom. The summed E-state index contributed by atoms with van der Waals surface area (Å²) >= 11 is 0. The Hall–Kier alpha value is -1.95. The molecule has 0 bridgehead atoms. The number of benzene rings is 1. The second-order valence-electron chi connectivity index (χ2n) is 7.29. The first kappa shape index (κ1) is 21.4. The highest BCUT2D eigenvalue weighted by molar-refractivity contribution is 5.95. The summed E-state index contributed by atoms with van der Waals surface area (Å²) in [6.07, 6.45) is 2.46. The van der Waals surface area contributed by atoms with E-state index >= 15 is 0 Å². The number of hydrogen-bond donors (Lipinski definition) is 1. The lowest BCUT2D eigenvalue weighted by molar-refractivity contribution is 0.0901. The third-order valence-electron chi connectivity index (χ3n) is 4.82. The molecule has 27 heavy (non-hydrogen) atoms. The molecule has 1 N–H and O–H groups in total. The maximum absolute atomic E-state index is 12.8. The van der Waals surface area contributed by atoms with Gasteiger partial charge in [0.05, 0.1) is 19.8 Å². The van der Waals surface area contributed by atoms with E-state index in [1.165, 1.54) is 12.8 Å². The van der Waals surface area contributed by atoms with Crippen molar-refractivity contribution in [2.45, 2.75) is 53.0 Å². The fourth-order valence-corrected chi connectivity index (χ4v) is 3.35. The summed E-state index contributed by atoms with van der Waals surface area (Å²) in [5.74, 6) is 1.49. The van der Waals surface area contributed by atoms with Gasteiger partial charge in [-0.1, -0.05) is 0 Å². The minimum absolute atomic E-state index is 0.0665. The molecule has 0 aromatic heterocycles. The topological polar surface area (TPSA) is 60.0 Å². The molecule has 1 aromatic carbocycles. The molecular formula is C21H34N2O4. The van der Waals surface area contributed by atoms with Crippen molar-refractivity contribution in [3.05, 3.63) is 17.7 Å². The summed E-state index contributed by atoms with van der Waals surface area (Å²) < 4.78 is 17.1. The number of carbonyl (C=O) groups excluding carboxylic acids is 1. The fraction of sp³-hybridized carbons (Fsp3) is 0.667. The number of likely N-dealkylation sites (tertiary alicyclic amines) is 1. The van der Waals surface area contributed by atoms with Crippen LogP contribution in [0, 0.1) is 0 Å². The van der Waals surface area contributed by atoms with Crippen LogP contribution in [0.3, 0.4) is 0 Å². The highest BCUT2D eigenvalue weighted by atomic mass is 16.5. The summed E-state index contributed by atoms with van der Waals surface area (Å²) in [5, 5.41) is 3.07. The van der Waals surface area contributed by atoms with E-state index in [0.717, 1.165) is 13.1 Å². The van der Waals surface area contributed by atoms with Gasteiger partial charge in [-0.05, 0) is 72.7 Å². The van der Waals surface area contributed by atoms with E-state index < -0.39 is 0 Å². The predicted octanol–water partition coefficient (Wildman–Crippen LogP) is 3.49. The normalized spacial score (nSPS) is 14.9. The van der Waals surface area contributed by atoms with Crippen LogP contribution < -0.4 is 19.5 Å². The summed E-state index contributed by atoms with van der Waals surface area (Å²) in [4.78, 5) is 15.2. The number of carbonyl (C=O) groups is 1. The van der Waals surface area contributed by atoms with Gasteiger partial charge in [0.2, 0.25) is 5.75 Å². The first-order valence-electron chi connectivity index (χ1n) is 10.0. The number of amides is 1. The highest BCUT2D eigenvalue weighted by Gasteiger charge is 2.29. The molecule has 1 heterocycles. The van der Waals surface area contributed by atoms with Crippen molar-refractivity contribution in [2.24, 2.45) is 0 Å². The number of hydrogen-bond acceptors (Lipinski definition) is 5. The minimum atomic E-state index is -0.132. The lowest BCUT2D eigenvalue weighted by Crippen LogP contribution is -2.50. The lowest BCUT2D eigenvalue weighted by Gasteiger charge is -2.35. The molecule has 0 radical (unpaired) electrons. The fourth-order valence-electron chi connectivity index (χ4n) is 3.35. The van der Waals surface area contributed by atoms with Gasteiger partial charge < -0.3 is 19.5 Å². The van der Waals surface area contributed by atoms with Gasteiger partial charge in [-0.2, -0.15) is 0 Å². The molecule has 2 rings (SSSR count). The molecule has 0 atom stereocenters. The number of ether oxygens (including phenoxy) is 3. The lowest BCUT2D eigenvalue weighted by atomic mass is 10.0. The van der Waals surface area contributed by atoms with E-state index in [0.29, 0.717) is 49.2 Å². The molecule has 152 valence electrons. The zero-order valence-electron chi connectivity index (χ0n) is 17.4. The van der Waals surface area contributed by atoms with E-state index in [1.807, 2.05) is 20.8 Å². The molecule has 6 nitrogen and oxygen atoms in total. The van der Waals surface area contributed by atoms with Gasteiger partial charge in [0.15, 0.2) is 11.5 Å². The van der Waals surface area contributed by atoms with Crippen LogP contribution in [0.5, 0.6) is 17.2 Å². The summed E-state index contributed by atoms with van der Waals surface area (Å²) in [6, 6.07) is 3.46. The van der Waals surface area contributed by atoms with Crippen LogP contribution in [0.25, 0.3) is 0 Å². The second kappa shape index (κ2) is 9.83. The van der Waals surface area contributed by atoms with Crippen molar-refractivity contribution in [1.29, 1.82) is 0 Å². The standard InChI is InChI=1S/C21H34N2O4/c1-6-25-17-13-16(14-18(26-7-2)19(17)27-8-3)20(24)22-15-21(4,5)23-11-9-10-12-23/h13-14H,6-12,15H2,1-5H3,(H,22,24). The number of rotatable bonds is 10. The van der Waals surface area contributed by atoms with Gasteiger partial charge in [0.25, 0.3) is 5.91 Å². The van der Waals surface area contributed by atoms with Crippen LogP contribution in [-0.2, 0) is 0 Å². The smallest absolute Gasteiger partial charge is 0.251 e. The molecule has 0 saturated carbocycles. The largest absolute Gasteiger partial charge is 0.490 e. The first-order valence-corrected chi connectivity index (χ1v) is 10.0. The molecular weight excluding hydrogens is 344 g/mol. The Morgan fingerprint density at radius 1 is 1.00 bits per heavy atom. The Labute approximate surface area is 163 Å². The number of nitrogens with zero attached hydrogens (tertiary/aromatic N) is 1. The van der Waals surface area contributed by atoms with Crippen molar-refractivity contribution in [1.82, 2.24) is 10.2 Å². The second-order valence-corrected chi connectivity index (χ2v) is 7.29. The maximum Gasteiger partial charge on any atom is 0.251 e. The summed E-state index contributed by atoms with van der Waals surface area (Å²) in [6.45, 7) is 14.3. The molecule has 1 aliphatic heterocycles. The van der Waals surface area contributed by atoms with E-state index in [4.69, 9.17) is 14.2 Å². The molecule has 1 fully saturated rings. The zero-order chi connectivity index (χ0) is 19.9. The zero-order valence-corrected chi connectivity index (χ0v) is 17.4. The summed E-state index contributed by atoms with van der Waals surface area (Å²) in [7, 11) is 0. The summed E-state index contributed by atoms with van der Waals surface area (Å²) in [5.41, 5.74) is 0.450. The molecule has 1 aliphatic rings. The predicted molar refractivity (Wildman–Crippen MR) is 107 cm³/mol. The third kappa shape index (κ3) is 5.51. The van der Waals surface area contributed by atoms with E-state index in [9.17, 15) is 4.79 Å². The van der Waals surface area contributed by atoms with Gasteiger partial charge in [-0.15, -0.1) is 0 Å². The SMILES string of the molecule is CCOc1cc(C(=O)NCC(C)(C)N2CCCC2)cc(OCC)c1OCC. The van der Waals surface area contributed by atoms with E-state index in [1.54, 1.807) is 12.1 Å². The Balaban J connectivity index is 2.18. The molecule has 1 aromatic rings. The Bertz CT molecular complexity index is 598. The van der Waals surface area contributed by atoms with Crippen molar-refractivity contribution in [2.75, 3.05) is 39.5 Å². The first-order chi connectivity index (χ1) is 12.9. The van der Waals surface area contributed by atoms with Crippen molar-refractivity contribution in [3.8, 4) is 17.2 Å². The van der Waals surface area contributed by atoms with Crippen LogP contribution in [0.15, 0.2) is 12.1 Å². The molecule has 1 saturated heterocycles. The van der Waals surface area contributed by atoms with Crippen molar-refractivity contribution in [3.63, 3.8) is 0 Å². The molecule has 1 amide bonds. The minimum Gasteiger partial charge on any atom is -0.490 e. The van der Waals surface area contributed by atoms with Gasteiger partial charge in [-0.25, -0.2) is 0 Å². The average Bonchev–Trinajstić information content (AvgIpc) is 3.18. The monoisotopic (exact) mass is 378 g/mol. The van der Waals surface area contributed by atoms with Gasteiger partial charge in [0, 0.05) is 17.6 Å². The van der Waals surface area contributed by atoms with Gasteiger partial charge in [-0.3, -0.25) is 9.69 Å². The van der Waals surface area contributed by atoms with E-state index in [-0.39, 0.29) is 11.4 Å². The van der Waals surface area contributed by atoms with Crippen molar-refractivity contribution >= 4 is 5.91 Å². The third-order valence-corrected chi connectivity index (χ3v) is 4.82. The van der Waals surface area contributed by atoms with Crippen LogP contribution >= 0.6 is 0 Å². The Morgan fingerprint density at radius 2 is 1.52 bits per heavy atom. The Kier molecular flexibility index (Phi) is 7.78. The van der Waals surface area contributed by atoms with Gasteiger partial charge in [0.1, 0.15) is 0 Å². The number of nitrogens with one attached hydrogen (secondary N) is 1. The van der Waals surface area contributed by atoms with E-state index in [2.05, 4.69) is 24.1 Å². The molecule has 6 heteroatoms.